The van der Waals surface area contributed by atoms with Gasteiger partial charge in [0.2, 0.25) is 0 Å². The monoisotopic (exact) mass is 251 g/mol. The molecule has 3 nitrogen and oxygen atoms in total. The van der Waals surface area contributed by atoms with Crippen molar-refractivity contribution in [2.24, 2.45) is 0 Å². The van der Waals surface area contributed by atoms with Gasteiger partial charge >= 0.3 is 0 Å². The van der Waals surface area contributed by atoms with Crippen LogP contribution in [0.5, 0.6) is 0 Å². The predicted molar refractivity (Wildman–Crippen MR) is 74.3 cm³/mol. The summed E-state index contributed by atoms with van der Waals surface area (Å²) >= 11 is 0. The molecule has 0 fully saturated rings. The second-order valence-corrected chi connectivity index (χ2v) is 4.90. The van der Waals surface area contributed by atoms with E-state index in [2.05, 4.69) is 25.9 Å². The third kappa shape index (κ3) is 2.80. The van der Waals surface area contributed by atoms with E-state index in [0.717, 1.165) is 11.3 Å². The van der Waals surface area contributed by atoms with Crippen molar-refractivity contribution in [3.63, 3.8) is 0 Å². The molecular weight excluding hydrogens is 234 g/mol. The number of benzene rings is 1. The molecule has 0 bridgehead atoms. The molecule has 0 atom stereocenters. The summed E-state index contributed by atoms with van der Waals surface area (Å²) in [5, 5.41) is 4.54. The van der Waals surface area contributed by atoms with E-state index in [-0.39, 0.29) is 17.9 Å². The largest absolute Gasteiger partial charge is 0.384 e. The Bertz CT molecular complexity index is 483. The van der Waals surface area contributed by atoms with Crippen LogP contribution in [-0.2, 0) is 5.54 Å². The molecule has 0 saturated carbocycles. The van der Waals surface area contributed by atoms with Gasteiger partial charge in [-0.05, 0) is 20.8 Å². The molecule has 1 aromatic heterocycles. The SMILES string of the molecule is CC(C)(C)n1nc(-c2ccccc2)cc1N.Cl. The molecule has 1 aromatic carbocycles. The second kappa shape index (κ2) is 4.80. The fourth-order valence-corrected chi connectivity index (χ4v) is 1.68. The van der Waals surface area contributed by atoms with E-state index in [1.54, 1.807) is 0 Å². The summed E-state index contributed by atoms with van der Waals surface area (Å²) in [6, 6.07) is 12.0. The molecule has 0 spiro atoms. The Morgan fingerprint density at radius 3 is 2.18 bits per heavy atom. The van der Waals surface area contributed by atoms with Gasteiger partial charge in [0.1, 0.15) is 5.82 Å². The Morgan fingerprint density at radius 1 is 1.12 bits per heavy atom. The van der Waals surface area contributed by atoms with Crippen LogP contribution in [0, 0.1) is 0 Å². The van der Waals surface area contributed by atoms with Gasteiger partial charge in [0.15, 0.2) is 0 Å². The Kier molecular flexibility index (Phi) is 3.83. The molecule has 17 heavy (non-hydrogen) atoms. The lowest BCUT2D eigenvalue weighted by Crippen LogP contribution is -2.24. The maximum absolute atomic E-state index is 5.97. The van der Waals surface area contributed by atoms with Gasteiger partial charge < -0.3 is 5.73 Å². The number of aromatic nitrogens is 2. The van der Waals surface area contributed by atoms with Gasteiger partial charge in [0.05, 0.1) is 11.2 Å². The maximum atomic E-state index is 5.97. The zero-order valence-electron chi connectivity index (χ0n) is 10.3. The topological polar surface area (TPSA) is 43.8 Å². The van der Waals surface area contributed by atoms with Crippen molar-refractivity contribution in [2.75, 3.05) is 5.73 Å². The summed E-state index contributed by atoms with van der Waals surface area (Å²) in [4.78, 5) is 0. The van der Waals surface area contributed by atoms with E-state index in [1.807, 2.05) is 41.1 Å². The van der Waals surface area contributed by atoms with Crippen molar-refractivity contribution >= 4 is 18.2 Å². The lowest BCUT2D eigenvalue weighted by atomic mass is 10.1. The van der Waals surface area contributed by atoms with Gasteiger partial charge in [0, 0.05) is 11.6 Å². The molecule has 2 aromatic rings. The highest BCUT2D eigenvalue weighted by Crippen LogP contribution is 2.24. The minimum absolute atomic E-state index is 0. The van der Waals surface area contributed by atoms with E-state index in [9.17, 15) is 0 Å². The molecule has 0 aliphatic heterocycles. The minimum atomic E-state index is -0.0862. The van der Waals surface area contributed by atoms with Crippen LogP contribution in [0.4, 0.5) is 5.82 Å². The molecular formula is C13H18ClN3. The highest BCUT2D eigenvalue weighted by atomic mass is 35.5. The molecule has 1 heterocycles. The number of halogens is 1. The van der Waals surface area contributed by atoms with Crippen LogP contribution in [0.15, 0.2) is 36.4 Å². The molecule has 92 valence electrons. The number of nitrogens with zero attached hydrogens (tertiary/aromatic N) is 2. The lowest BCUT2D eigenvalue weighted by Gasteiger charge is -2.20. The molecule has 2 N–H and O–H groups in total. The second-order valence-electron chi connectivity index (χ2n) is 4.90. The van der Waals surface area contributed by atoms with Gasteiger partial charge in [0.25, 0.3) is 0 Å². The molecule has 0 amide bonds. The van der Waals surface area contributed by atoms with Crippen molar-refractivity contribution in [1.82, 2.24) is 9.78 Å². The first-order valence-electron chi connectivity index (χ1n) is 5.40. The molecule has 0 saturated heterocycles. The quantitative estimate of drug-likeness (QED) is 0.845. The summed E-state index contributed by atoms with van der Waals surface area (Å²) in [6.45, 7) is 6.27. The Morgan fingerprint density at radius 2 is 1.71 bits per heavy atom. The smallest absolute Gasteiger partial charge is 0.122 e. The highest BCUT2D eigenvalue weighted by molar-refractivity contribution is 5.85. The first kappa shape index (κ1) is 13.6. The summed E-state index contributed by atoms with van der Waals surface area (Å²) in [5.74, 6) is 0.700. The van der Waals surface area contributed by atoms with Crippen LogP contribution in [0.2, 0.25) is 0 Å². The number of hydrogen-bond donors (Lipinski definition) is 1. The van der Waals surface area contributed by atoms with Crippen molar-refractivity contribution in [1.29, 1.82) is 0 Å². The minimum Gasteiger partial charge on any atom is -0.384 e. The maximum Gasteiger partial charge on any atom is 0.122 e. The van der Waals surface area contributed by atoms with Crippen LogP contribution >= 0.6 is 12.4 Å². The summed E-state index contributed by atoms with van der Waals surface area (Å²) < 4.78 is 1.86. The number of nitrogen functional groups attached to an aromatic ring is 1. The Labute approximate surface area is 108 Å². The van der Waals surface area contributed by atoms with Crippen LogP contribution in [0.1, 0.15) is 20.8 Å². The molecule has 0 radical (unpaired) electrons. The summed E-state index contributed by atoms with van der Waals surface area (Å²) in [5.41, 5.74) is 7.90. The molecule has 0 aliphatic rings. The molecule has 0 unspecified atom stereocenters. The number of nitrogens with two attached hydrogens (primary N) is 1. The highest BCUT2D eigenvalue weighted by Gasteiger charge is 2.18. The van der Waals surface area contributed by atoms with Crippen molar-refractivity contribution < 1.29 is 0 Å². The van der Waals surface area contributed by atoms with Crippen molar-refractivity contribution in [3.05, 3.63) is 36.4 Å². The van der Waals surface area contributed by atoms with Crippen LogP contribution < -0.4 is 5.73 Å². The third-order valence-corrected chi connectivity index (χ3v) is 2.44. The van der Waals surface area contributed by atoms with Gasteiger partial charge in [-0.2, -0.15) is 5.10 Å². The van der Waals surface area contributed by atoms with Gasteiger partial charge in [-0.25, -0.2) is 4.68 Å². The van der Waals surface area contributed by atoms with E-state index in [1.165, 1.54) is 0 Å². The Hall–Kier alpha value is -1.48. The standard InChI is InChI=1S/C13H17N3.ClH/c1-13(2,3)16-12(14)9-11(15-16)10-7-5-4-6-8-10;/h4-9H,14H2,1-3H3;1H. The van der Waals surface area contributed by atoms with Gasteiger partial charge in [-0.15, -0.1) is 12.4 Å². The lowest BCUT2D eigenvalue weighted by molar-refractivity contribution is 0.362. The van der Waals surface area contributed by atoms with Gasteiger partial charge in [-0.1, -0.05) is 30.3 Å². The fourth-order valence-electron chi connectivity index (χ4n) is 1.68. The predicted octanol–water partition coefficient (Wildman–Crippen LogP) is 3.31. The zero-order valence-corrected chi connectivity index (χ0v) is 11.2. The first-order valence-corrected chi connectivity index (χ1v) is 5.40. The van der Waals surface area contributed by atoms with Crippen molar-refractivity contribution in [3.8, 4) is 11.3 Å². The summed E-state index contributed by atoms with van der Waals surface area (Å²) in [6.07, 6.45) is 0. The van der Waals surface area contributed by atoms with Gasteiger partial charge in [-0.3, -0.25) is 0 Å². The normalized spacial score (nSPS) is 11.0. The number of anilines is 1. The number of hydrogen-bond acceptors (Lipinski definition) is 2. The van der Waals surface area contributed by atoms with Crippen LogP contribution in [0.3, 0.4) is 0 Å². The van der Waals surface area contributed by atoms with E-state index in [0.29, 0.717) is 5.82 Å². The molecule has 4 heteroatoms. The fraction of sp³-hybridized carbons (Fsp3) is 0.308. The van der Waals surface area contributed by atoms with Crippen LogP contribution in [-0.4, -0.2) is 9.78 Å². The average Bonchev–Trinajstić information content (AvgIpc) is 2.61. The molecule has 0 aliphatic carbocycles. The first-order chi connectivity index (χ1) is 7.48. The van der Waals surface area contributed by atoms with E-state index < -0.39 is 0 Å². The van der Waals surface area contributed by atoms with E-state index in [4.69, 9.17) is 5.73 Å². The third-order valence-electron chi connectivity index (χ3n) is 2.44. The van der Waals surface area contributed by atoms with Crippen LogP contribution in [0.25, 0.3) is 11.3 Å². The Balaban J connectivity index is 0.00000144. The average molecular weight is 252 g/mol. The number of rotatable bonds is 1. The van der Waals surface area contributed by atoms with Crippen molar-refractivity contribution in [2.45, 2.75) is 26.3 Å². The summed E-state index contributed by atoms with van der Waals surface area (Å²) in [7, 11) is 0. The van der Waals surface area contributed by atoms with E-state index >= 15 is 0 Å². The molecule has 2 rings (SSSR count). The zero-order chi connectivity index (χ0) is 11.8.